The monoisotopic (exact) mass is 623 g/mol. The summed E-state index contributed by atoms with van der Waals surface area (Å²) in [6.07, 6.45) is 3.41. The molecule has 0 aliphatic rings. The molecule has 0 atom stereocenters. The van der Waals surface area contributed by atoms with Crippen molar-refractivity contribution in [3.8, 4) is 34.1 Å². The molecule has 224 valence electrons. The first-order valence-corrected chi connectivity index (χ1v) is 12.8. The maximum atomic E-state index is 14.2. The zero-order valence-electron chi connectivity index (χ0n) is 24.0. The number of nitrogens with two attached hydrogens (primary N) is 1. The van der Waals surface area contributed by atoms with Crippen molar-refractivity contribution in [3.63, 3.8) is 0 Å². The number of halogens is 2. The van der Waals surface area contributed by atoms with Gasteiger partial charge in [-0.25, -0.2) is 4.79 Å². The van der Waals surface area contributed by atoms with Crippen molar-refractivity contribution < 1.29 is 23.7 Å². The molecule has 2 aromatic heterocycles. The maximum absolute atomic E-state index is 14.2. The third-order valence-electron chi connectivity index (χ3n) is 6.85. The lowest BCUT2D eigenvalue weighted by Gasteiger charge is -2.21. The second kappa shape index (κ2) is 14.0. The molecule has 2 heterocycles. The summed E-state index contributed by atoms with van der Waals surface area (Å²) in [5.41, 5.74) is 9.26. The number of carbonyl (C=O) groups is 1. The predicted molar refractivity (Wildman–Crippen MR) is 172 cm³/mol. The number of ether oxygens (including phenoxy) is 4. The molecule has 3 aromatic carbocycles. The van der Waals surface area contributed by atoms with Gasteiger partial charge >= 0.3 is 5.97 Å². The quantitative estimate of drug-likeness (QED) is 0.161. The van der Waals surface area contributed by atoms with Crippen molar-refractivity contribution in [2.45, 2.75) is 13.5 Å². The topological polar surface area (TPSA) is 115 Å². The van der Waals surface area contributed by atoms with Crippen molar-refractivity contribution in [1.82, 2.24) is 9.55 Å². The van der Waals surface area contributed by atoms with Gasteiger partial charge in [0.15, 0.2) is 0 Å². The molecule has 0 saturated heterocycles. The van der Waals surface area contributed by atoms with E-state index in [0.717, 1.165) is 11.1 Å². The minimum absolute atomic E-state index is 0. The Morgan fingerprint density at radius 1 is 0.907 bits per heavy atom. The average Bonchev–Trinajstić information content (AvgIpc) is 3.01. The second-order valence-corrected chi connectivity index (χ2v) is 9.31. The van der Waals surface area contributed by atoms with Crippen LogP contribution in [0.25, 0.3) is 27.6 Å². The Labute approximate surface area is 261 Å². The van der Waals surface area contributed by atoms with Gasteiger partial charge in [-0.1, -0.05) is 6.07 Å². The first kappa shape index (κ1) is 32.8. The van der Waals surface area contributed by atoms with Crippen molar-refractivity contribution in [1.29, 1.82) is 0 Å². The van der Waals surface area contributed by atoms with Crippen LogP contribution >= 0.6 is 24.8 Å². The smallest absolute Gasteiger partial charge is 0.355 e. The Balaban J connectivity index is 0.00000253. The summed E-state index contributed by atoms with van der Waals surface area (Å²) in [6.45, 7) is 2.15. The predicted octanol–water partition coefficient (Wildman–Crippen LogP) is 6.17. The summed E-state index contributed by atoms with van der Waals surface area (Å²) in [6, 6.07) is 19.2. The van der Waals surface area contributed by atoms with Crippen LogP contribution in [0.1, 0.15) is 21.6 Å². The molecule has 0 saturated carbocycles. The van der Waals surface area contributed by atoms with E-state index in [1.54, 1.807) is 69.1 Å². The summed E-state index contributed by atoms with van der Waals surface area (Å²) in [5.74, 6) is 0.916. The van der Waals surface area contributed by atoms with Crippen molar-refractivity contribution in [2.75, 3.05) is 27.1 Å². The van der Waals surface area contributed by atoms with Crippen LogP contribution in [-0.4, -0.2) is 36.8 Å². The highest BCUT2D eigenvalue weighted by molar-refractivity contribution is 6.07. The number of nitrogens with zero attached hydrogens (tertiary/aromatic N) is 2. The van der Waals surface area contributed by atoms with Crippen molar-refractivity contribution in [3.05, 3.63) is 106 Å². The van der Waals surface area contributed by atoms with Gasteiger partial charge < -0.3 is 24.7 Å². The average molecular weight is 625 g/mol. The van der Waals surface area contributed by atoms with Crippen molar-refractivity contribution in [2.24, 2.45) is 0 Å². The maximum Gasteiger partial charge on any atom is 0.355 e. The number of carbonyl (C=O) groups excluding carboxylic acids is 1. The minimum atomic E-state index is -0.689. The van der Waals surface area contributed by atoms with Crippen LogP contribution in [-0.2, 0) is 11.3 Å². The molecule has 0 fully saturated rings. The number of aromatic nitrogens is 2. The molecule has 0 unspecified atom stereocenters. The molecule has 0 bridgehead atoms. The van der Waals surface area contributed by atoms with Crippen LogP contribution in [0.4, 0.5) is 5.69 Å². The summed E-state index contributed by atoms with van der Waals surface area (Å²) in [7, 11) is 4.40. The van der Waals surface area contributed by atoms with E-state index in [9.17, 15) is 9.59 Å². The molecule has 43 heavy (non-hydrogen) atoms. The Morgan fingerprint density at radius 2 is 1.58 bits per heavy atom. The van der Waals surface area contributed by atoms with Crippen molar-refractivity contribution >= 4 is 47.2 Å². The third-order valence-corrected chi connectivity index (χ3v) is 6.85. The van der Waals surface area contributed by atoms with Gasteiger partial charge in [-0.3, -0.25) is 14.3 Å². The summed E-state index contributed by atoms with van der Waals surface area (Å²) in [4.78, 5) is 31.8. The summed E-state index contributed by atoms with van der Waals surface area (Å²) < 4.78 is 23.8. The largest absolute Gasteiger partial charge is 0.496 e. The lowest BCUT2D eigenvalue weighted by atomic mass is 9.94. The molecule has 2 N–H and O–H groups in total. The Morgan fingerprint density at radius 3 is 2.16 bits per heavy atom. The fraction of sp³-hybridized carbons (Fsp3) is 0.156. The van der Waals surface area contributed by atoms with E-state index in [0.29, 0.717) is 50.5 Å². The van der Waals surface area contributed by atoms with E-state index in [4.69, 9.17) is 24.7 Å². The van der Waals surface area contributed by atoms with E-state index < -0.39 is 11.5 Å². The van der Waals surface area contributed by atoms with Gasteiger partial charge in [0.2, 0.25) is 0 Å². The van der Waals surface area contributed by atoms with Gasteiger partial charge in [0.25, 0.3) is 5.56 Å². The van der Waals surface area contributed by atoms with E-state index in [1.807, 2.05) is 31.2 Å². The van der Waals surface area contributed by atoms with Gasteiger partial charge in [0.1, 0.15) is 29.5 Å². The number of rotatable bonds is 8. The molecule has 5 rings (SSSR count). The summed E-state index contributed by atoms with van der Waals surface area (Å²) in [5, 5.41) is 0.871. The first-order chi connectivity index (χ1) is 19.9. The number of methoxy groups -OCH3 is 3. The SMILES string of the molecule is COC(=O)c1c(-c2cc(OC)c(C)c(OC)c2)c2ccc(OCc3cccnc3)cc2c(=O)n1-c1ccc(N)cc1.Cl.Cl. The highest BCUT2D eigenvalue weighted by Crippen LogP contribution is 2.40. The van der Waals surface area contributed by atoms with Crippen LogP contribution < -0.4 is 25.5 Å². The molecule has 0 aliphatic heterocycles. The molecular formula is C32H31Cl2N3O6. The lowest BCUT2D eigenvalue weighted by molar-refractivity contribution is 0.0591. The number of pyridine rings is 2. The second-order valence-electron chi connectivity index (χ2n) is 9.31. The number of nitrogen functional groups attached to an aromatic ring is 1. The fourth-order valence-corrected chi connectivity index (χ4v) is 4.80. The highest BCUT2D eigenvalue weighted by atomic mass is 35.5. The number of esters is 1. The number of benzene rings is 3. The van der Waals surface area contributed by atoms with Gasteiger partial charge in [0.05, 0.1) is 26.7 Å². The number of anilines is 1. The Kier molecular flexibility index (Phi) is 10.6. The lowest BCUT2D eigenvalue weighted by Crippen LogP contribution is -2.27. The summed E-state index contributed by atoms with van der Waals surface area (Å²) >= 11 is 0. The van der Waals surface area contributed by atoms with Crippen LogP contribution in [0.15, 0.2) is 83.9 Å². The van der Waals surface area contributed by atoms with Crippen LogP contribution in [0.5, 0.6) is 17.2 Å². The molecule has 5 aromatic rings. The number of hydrogen-bond donors (Lipinski definition) is 1. The Bertz CT molecular complexity index is 1780. The van der Waals surface area contributed by atoms with Crippen LogP contribution in [0.2, 0.25) is 0 Å². The molecule has 0 amide bonds. The van der Waals surface area contributed by atoms with Gasteiger partial charge in [-0.2, -0.15) is 0 Å². The first-order valence-electron chi connectivity index (χ1n) is 12.8. The molecule has 11 heteroatoms. The van der Waals surface area contributed by atoms with Crippen LogP contribution in [0, 0.1) is 6.92 Å². The fourth-order valence-electron chi connectivity index (χ4n) is 4.80. The molecular weight excluding hydrogens is 593 g/mol. The normalized spacial score (nSPS) is 10.3. The molecule has 9 nitrogen and oxygen atoms in total. The molecule has 0 radical (unpaired) electrons. The van der Waals surface area contributed by atoms with Gasteiger partial charge in [-0.05, 0) is 78.5 Å². The zero-order chi connectivity index (χ0) is 29.1. The number of fused-ring (bicyclic) bond motifs is 1. The zero-order valence-corrected chi connectivity index (χ0v) is 25.6. The Hall–Kier alpha value is -4.73. The minimum Gasteiger partial charge on any atom is -0.496 e. The van der Waals surface area contributed by atoms with Gasteiger partial charge in [0, 0.05) is 40.5 Å². The number of hydrogen-bond acceptors (Lipinski definition) is 8. The van der Waals surface area contributed by atoms with E-state index in [-0.39, 0.29) is 37.1 Å². The van der Waals surface area contributed by atoms with E-state index in [1.165, 1.54) is 11.7 Å². The molecule has 0 spiro atoms. The standard InChI is InChI=1S/C32H29N3O6.2ClH/c1-19-27(38-2)14-21(15-28(19)39-3)29-25-12-11-24(41-18-20-6-5-13-34-17-20)16-26(25)31(36)35(30(29)32(37)40-4)23-9-7-22(33)8-10-23;;/h5-17H,18,33H2,1-4H3;2*1H. The highest BCUT2D eigenvalue weighted by Gasteiger charge is 2.26. The van der Waals surface area contributed by atoms with Crippen LogP contribution in [0.3, 0.4) is 0 Å². The third kappa shape index (κ3) is 6.38. The molecule has 0 aliphatic carbocycles. The van der Waals surface area contributed by atoms with Gasteiger partial charge in [-0.15, -0.1) is 24.8 Å². The van der Waals surface area contributed by atoms with E-state index in [2.05, 4.69) is 4.98 Å². The van der Waals surface area contributed by atoms with E-state index >= 15 is 0 Å².